The second-order valence-corrected chi connectivity index (χ2v) is 3.96. The third kappa shape index (κ3) is 4.44. The number of aliphatic hydroxyl groups is 1. The van der Waals surface area contributed by atoms with Crippen LogP contribution in [0.25, 0.3) is 0 Å². The lowest BCUT2D eigenvalue weighted by atomic mass is 10.1. The number of unbranched alkanes of at least 4 members (excludes halogenated alkanes) is 1. The molecule has 0 saturated heterocycles. The molecule has 1 atom stereocenters. The van der Waals surface area contributed by atoms with Gasteiger partial charge in [0.1, 0.15) is 11.9 Å². The fraction of sp³-hybridized carbons (Fsp3) is 0.462. The van der Waals surface area contributed by atoms with Gasteiger partial charge in [0.15, 0.2) is 0 Å². The lowest BCUT2D eigenvalue weighted by Crippen LogP contribution is -2.21. The first-order valence-corrected chi connectivity index (χ1v) is 5.84. The lowest BCUT2D eigenvalue weighted by Gasteiger charge is -2.16. The van der Waals surface area contributed by atoms with Gasteiger partial charge in [-0.25, -0.2) is 0 Å². The highest BCUT2D eigenvalue weighted by Gasteiger charge is 2.09. The zero-order chi connectivity index (χ0) is 12.7. The average molecular weight is 237 g/mol. The quantitative estimate of drug-likeness (QED) is 0.758. The third-order valence-electron chi connectivity index (χ3n) is 2.50. The van der Waals surface area contributed by atoms with Gasteiger partial charge in [-0.3, -0.25) is 4.79 Å². The minimum absolute atomic E-state index is 0.0270. The first-order chi connectivity index (χ1) is 8.17. The summed E-state index contributed by atoms with van der Waals surface area (Å²) in [5, 5.41) is 9.18. The van der Waals surface area contributed by atoms with E-state index in [0.717, 1.165) is 19.3 Å². The summed E-state index contributed by atoms with van der Waals surface area (Å²) in [4.78, 5) is 11.0. The summed E-state index contributed by atoms with van der Waals surface area (Å²) in [7, 11) is 0. The molecule has 0 aromatic heterocycles. The Morgan fingerprint density at radius 3 is 2.88 bits per heavy atom. The topological polar surface area (TPSA) is 72.6 Å². The van der Waals surface area contributed by atoms with E-state index in [0.29, 0.717) is 11.3 Å². The minimum atomic E-state index is -0.482. The van der Waals surface area contributed by atoms with E-state index in [4.69, 9.17) is 10.5 Å². The lowest BCUT2D eigenvalue weighted by molar-refractivity contribution is 0.0993. The van der Waals surface area contributed by atoms with Crippen molar-refractivity contribution in [2.24, 2.45) is 5.73 Å². The highest BCUT2D eigenvalue weighted by atomic mass is 16.5. The Morgan fingerprint density at radius 1 is 1.53 bits per heavy atom. The zero-order valence-corrected chi connectivity index (χ0v) is 10.1. The molecule has 1 aromatic rings. The van der Waals surface area contributed by atoms with Crippen LogP contribution >= 0.6 is 0 Å². The van der Waals surface area contributed by atoms with Crippen LogP contribution in [-0.2, 0) is 0 Å². The number of amides is 1. The van der Waals surface area contributed by atoms with E-state index in [1.54, 1.807) is 24.3 Å². The zero-order valence-electron chi connectivity index (χ0n) is 10.1. The maximum Gasteiger partial charge on any atom is 0.248 e. The van der Waals surface area contributed by atoms with Gasteiger partial charge in [-0.2, -0.15) is 0 Å². The van der Waals surface area contributed by atoms with Crippen LogP contribution in [0.2, 0.25) is 0 Å². The van der Waals surface area contributed by atoms with Crippen molar-refractivity contribution in [3.8, 4) is 5.75 Å². The van der Waals surface area contributed by atoms with Gasteiger partial charge >= 0.3 is 0 Å². The second-order valence-electron chi connectivity index (χ2n) is 3.96. The van der Waals surface area contributed by atoms with E-state index < -0.39 is 5.91 Å². The van der Waals surface area contributed by atoms with E-state index >= 15 is 0 Å². The van der Waals surface area contributed by atoms with E-state index in [9.17, 15) is 9.90 Å². The number of carbonyl (C=O) groups is 1. The Balaban J connectivity index is 2.65. The molecule has 0 saturated carbocycles. The Morgan fingerprint density at radius 2 is 2.29 bits per heavy atom. The molecule has 1 unspecified atom stereocenters. The first kappa shape index (κ1) is 13.5. The standard InChI is InChI=1S/C13H19NO3/c1-2-3-6-12(9-15)17-11-7-4-5-10(8-11)13(14)16/h4-5,7-8,12,15H,2-3,6,9H2,1H3,(H2,14,16). The van der Waals surface area contributed by atoms with Crippen LogP contribution in [0.15, 0.2) is 24.3 Å². The van der Waals surface area contributed by atoms with Crippen LogP contribution in [0.4, 0.5) is 0 Å². The number of nitrogens with two attached hydrogens (primary N) is 1. The summed E-state index contributed by atoms with van der Waals surface area (Å²) in [5.74, 6) is 0.0843. The average Bonchev–Trinajstić information content (AvgIpc) is 2.34. The van der Waals surface area contributed by atoms with Crippen molar-refractivity contribution in [3.05, 3.63) is 29.8 Å². The van der Waals surface area contributed by atoms with Crippen LogP contribution in [0, 0.1) is 0 Å². The molecule has 94 valence electrons. The molecule has 17 heavy (non-hydrogen) atoms. The van der Waals surface area contributed by atoms with Crippen LogP contribution in [-0.4, -0.2) is 23.7 Å². The SMILES string of the molecule is CCCCC(CO)Oc1cccc(C(N)=O)c1. The summed E-state index contributed by atoms with van der Waals surface area (Å²) in [6.07, 6.45) is 2.63. The highest BCUT2D eigenvalue weighted by Crippen LogP contribution is 2.16. The molecule has 3 N–H and O–H groups in total. The van der Waals surface area contributed by atoms with Gasteiger partial charge in [-0.1, -0.05) is 19.4 Å². The number of ether oxygens (including phenoxy) is 1. The normalized spacial score (nSPS) is 12.1. The number of carbonyl (C=O) groups excluding carboxylic acids is 1. The number of primary amides is 1. The molecule has 0 aliphatic carbocycles. The van der Waals surface area contributed by atoms with Gasteiger partial charge in [0.05, 0.1) is 6.61 Å². The van der Waals surface area contributed by atoms with Crippen molar-refractivity contribution in [2.75, 3.05) is 6.61 Å². The van der Waals surface area contributed by atoms with Crippen molar-refractivity contribution < 1.29 is 14.6 Å². The van der Waals surface area contributed by atoms with Crippen molar-refractivity contribution in [1.82, 2.24) is 0 Å². The highest BCUT2D eigenvalue weighted by molar-refractivity contribution is 5.93. The molecule has 4 nitrogen and oxygen atoms in total. The van der Waals surface area contributed by atoms with Crippen molar-refractivity contribution in [3.63, 3.8) is 0 Å². The van der Waals surface area contributed by atoms with Gasteiger partial charge in [0, 0.05) is 5.56 Å². The molecular formula is C13H19NO3. The molecule has 1 amide bonds. The van der Waals surface area contributed by atoms with Crippen LogP contribution in [0.1, 0.15) is 36.5 Å². The van der Waals surface area contributed by atoms with Crippen molar-refractivity contribution >= 4 is 5.91 Å². The molecular weight excluding hydrogens is 218 g/mol. The molecule has 0 radical (unpaired) electrons. The number of hydrogen-bond donors (Lipinski definition) is 2. The summed E-state index contributed by atoms with van der Waals surface area (Å²) < 4.78 is 5.60. The van der Waals surface area contributed by atoms with Crippen molar-refractivity contribution in [1.29, 1.82) is 0 Å². The molecule has 1 rings (SSSR count). The third-order valence-corrected chi connectivity index (χ3v) is 2.50. The first-order valence-electron chi connectivity index (χ1n) is 5.84. The van der Waals surface area contributed by atoms with Gasteiger partial charge in [-0.05, 0) is 31.0 Å². The van der Waals surface area contributed by atoms with Crippen molar-refractivity contribution in [2.45, 2.75) is 32.3 Å². The van der Waals surface area contributed by atoms with Gasteiger partial charge in [0.25, 0.3) is 0 Å². The van der Waals surface area contributed by atoms with E-state index in [1.165, 1.54) is 0 Å². The predicted molar refractivity (Wildman–Crippen MR) is 66.0 cm³/mol. The molecule has 0 bridgehead atoms. The second kappa shape index (κ2) is 6.91. The Bertz CT molecular complexity index is 365. The Labute approximate surface area is 101 Å². The monoisotopic (exact) mass is 237 g/mol. The number of benzene rings is 1. The fourth-order valence-corrected chi connectivity index (χ4v) is 1.53. The maximum atomic E-state index is 11.0. The van der Waals surface area contributed by atoms with E-state index in [1.807, 2.05) is 0 Å². The Kier molecular flexibility index (Phi) is 5.49. The largest absolute Gasteiger partial charge is 0.488 e. The number of hydrogen-bond acceptors (Lipinski definition) is 3. The minimum Gasteiger partial charge on any atom is -0.488 e. The van der Waals surface area contributed by atoms with Gasteiger partial charge < -0.3 is 15.6 Å². The van der Waals surface area contributed by atoms with Gasteiger partial charge in [-0.15, -0.1) is 0 Å². The van der Waals surface area contributed by atoms with Crippen LogP contribution < -0.4 is 10.5 Å². The molecule has 0 heterocycles. The summed E-state index contributed by atoms with van der Waals surface area (Å²) in [6.45, 7) is 2.06. The number of rotatable bonds is 7. The number of aliphatic hydroxyl groups excluding tert-OH is 1. The van der Waals surface area contributed by atoms with Crippen LogP contribution in [0.3, 0.4) is 0 Å². The summed E-state index contributed by atoms with van der Waals surface area (Å²) in [6, 6.07) is 6.69. The smallest absolute Gasteiger partial charge is 0.248 e. The molecule has 4 heteroatoms. The molecule has 1 aromatic carbocycles. The summed E-state index contributed by atoms with van der Waals surface area (Å²) in [5.41, 5.74) is 5.59. The Hall–Kier alpha value is -1.55. The van der Waals surface area contributed by atoms with E-state index in [-0.39, 0.29) is 12.7 Å². The fourth-order valence-electron chi connectivity index (χ4n) is 1.53. The molecule has 0 aliphatic rings. The summed E-state index contributed by atoms with van der Waals surface area (Å²) >= 11 is 0. The molecule has 0 aliphatic heterocycles. The van der Waals surface area contributed by atoms with Gasteiger partial charge in [0.2, 0.25) is 5.91 Å². The van der Waals surface area contributed by atoms with E-state index in [2.05, 4.69) is 6.92 Å². The van der Waals surface area contributed by atoms with Crippen LogP contribution in [0.5, 0.6) is 5.75 Å². The maximum absolute atomic E-state index is 11.0. The predicted octanol–water partition coefficient (Wildman–Crippen LogP) is 1.72. The molecule has 0 spiro atoms. The molecule has 0 fully saturated rings.